The average Bonchev–Trinajstić information content (AvgIpc) is 2.43. The molecule has 0 aliphatic rings. The van der Waals surface area contributed by atoms with E-state index in [-0.39, 0.29) is 5.97 Å². The fraction of sp³-hybridized carbons (Fsp3) is 0.625. The first-order valence-corrected chi connectivity index (χ1v) is 7.58. The SMILES string of the molecule is CCOC(=O)c1ccc(NCCN(C(C)C)C(C)C)nc1. The van der Waals surface area contributed by atoms with Crippen molar-refractivity contribution in [3.8, 4) is 0 Å². The van der Waals surface area contributed by atoms with E-state index < -0.39 is 0 Å². The van der Waals surface area contributed by atoms with E-state index in [4.69, 9.17) is 4.74 Å². The summed E-state index contributed by atoms with van der Waals surface area (Å²) in [6.45, 7) is 12.7. The van der Waals surface area contributed by atoms with Gasteiger partial charge >= 0.3 is 5.97 Å². The number of aromatic nitrogens is 1. The Bertz CT molecular complexity index is 422. The van der Waals surface area contributed by atoms with Crippen LogP contribution in [0.2, 0.25) is 0 Å². The Hall–Kier alpha value is -1.62. The van der Waals surface area contributed by atoms with Crippen LogP contribution in [0.1, 0.15) is 45.0 Å². The molecule has 0 radical (unpaired) electrons. The van der Waals surface area contributed by atoms with Gasteiger partial charge in [-0.3, -0.25) is 4.90 Å². The molecule has 0 saturated carbocycles. The summed E-state index contributed by atoms with van der Waals surface area (Å²) in [5.74, 6) is 0.442. The van der Waals surface area contributed by atoms with Crippen LogP contribution in [0.25, 0.3) is 0 Å². The maximum atomic E-state index is 11.5. The molecule has 0 saturated heterocycles. The van der Waals surface area contributed by atoms with Crippen molar-refractivity contribution < 1.29 is 9.53 Å². The number of pyridine rings is 1. The Labute approximate surface area is 127 Å². The summed E-state index contributed by atoms with van der Waals surface area (Å²) in [6, 6.07) is 4.58. The highest BCUT2D eigenvalue weighted by Gasteiger charge is 2.12. The van der Waals surface area contributed by atoms with Gasteiger partial charge in [0.15, 0.2) is 0 Å². The Kier molecular flexibility index (Phi) is 7.15. The number of carbonyl (C=O) groups is 1. The van der Waals surface area contributed by atoms with Crippen molar-refractivity contribution in [2.24, 2.45) is 0 Å². The van der Waals surface area contributed by atoms with Crippen LogP contribution in [0.5, 0.6) is 0 Å². The van der Waals surface area contributed by atoms with E-state index in [2.05, 4.69) is 42.9 Å². The van der Waals surface area contributed by atoms with E-state index in [1.54, 1.807) is 25.3 Å². The predicted molar refractivity (Wildman–Crippen MR) is 85.7 cm³/mol. The molecule has 1 aromatic rings. The van der Waals surface area contributed by atoms with E-state index in [1.165, 1.54) is 0 Å². The zero-order valence-corrected chi connectivity index (χ0v) is 13.7. The molecule has 0 fully saturated rings. The van der Waals surface area contributed by atoms with Crippen molar-refractivity contribution in [3.05, 3.63) is 23.9 Å². The molecule has 21 heavy (non-hydrogen) atoms. The molecule has 0 aliphatic carbocycles. The summed E-state index contributed by atoms with van der Waals surface area (Å²) in [6.07, 6.45) is 1.54. The number of carbonyl (C=O) groups excluding carboxylic acids is 1. The lowest BCUT2D eigenvalue weighted by Crippen LogP contribution is -2.40. The minimum absolute atomic E-state index is 0.331. The number of hydrogen-bond donors (Lipinski definition) is 1. The molecule has 0 aliphatic heterocycles. The molecule has 0 unspecified atom stereocenters. The normalized spacial score (nSPS) is 11.2. The number of nitrogens with zero attached hydrogens (tertiary/aromatic N) is 2. The monoisotopic (exact) mass is 293 g/mol. The van der Waals surface area contributed by atoms with Crippen molar-refractivity contribution >= 4 is 11.8 Å². The van der Waals surface area contributed by atoms with Gasteiger partial charge in [0.2, 0.25) is 0 Å². The number of rotatable bonds is 8. The van der Waals surface area contributed by atoms with Gasteiger partial charge in [-0.2, -0.15) is 0 Å². The van der Waals surface area contributed by atoms with E-state index in [0.717, 1.165) is 18.9 Å². The van der Waals surface area contributed by atoms with Crippen LogP contribution in [-0.2, 0) is 4.74 Å². The minimum Gasteiger partial charge on any atom is -0.462 e. The second-order valence-corrected chi connectivity index (χ2v) is 5.50. The van der Waals surface area contributed by atoms with E-state index in [9.17, 15) is 4.79 Å². The van der Waals surface area contributed by atoms with E-state index in [1.807, 2.05) is 0 Å². The van der Waals surface area contributed by atoms with Gasteiger partial charge in [0.1, 0.15) is 5.82 Å². The minimum atomic E-state index is -0.331. The molecule has 118 valence electrons. The molecule has 1 N–H and O–H groups in total. The summed E-state index contributed by atoms with van der Waals surface area (Å²) in [7, 11) is 0. The first kappa shape index (κ1) is 17.4. The zero-order valence-electron chi connectivity index (χ0n) is 13.7. The number of anilines is 1. The van der Waals surface area contributed by atoms with Crippen LogP contribution in [0, 0.1) is 0 Å². The summed E-state index contributed by atoms with van der Waals surface area (Å²) in [5, 5.41) is 3.28. The second kappa shape index (κ2) is 8.62. The lowest BCUT2D eigenvalue weighted by Gasteiger charge is -2.30. The molecule has 0 spiro atoms. The summed E-state index contributed by atoms with van der Waals surface area (Å²) in [5.41, 5.74) is 0.480. The van der Waals surface area contributed by atoms with E-state index in [0.29, 0.717) is 24.3 Å². The fourth-order valence-corrected chi connectivity index (χ4v) is 2.26. The molecule has 1 aromatic heterocycles. The Morgan fingerprint density at radius 2 is 1.95 bits per heavy atom. The molecule has 0 amide bonds. The van der Waals surface area contributed by atoms with Crippen LogP contribution in [0.3, 0.4) is 0 Å². The molecular formula is C16H27N3O2. The maximum Gasteiger partial charge on any atom is 0.339 e. The quantitative estimate of drug-likeness (QED) is 0.747. The van der Waals surface area contributed by atoms with Crippen molar-refractivity contribution in [2.45, 2.75) is 46.7 Å². The van der Waals surface area contributed by atoms with Crippen LogP contribution in [0.15, 0.2) is 18.3 Å². The number of esters is 1. The fourth-order valence-electron chi connectivity index (χ4n) is 2.26. The zero-order chi connectivity index (χ0) is 15.8. The van der Waals surface area contributed by atoms with Crippen molar-refractivity contribution in [3.63, 3.8) is 0 Å². The smallest absolute Gasteiger partial charge is 0.339 e. The van der Waals surface area contributed by atoms with Gasteiger partial charge in [-0.05, 0) is 46.8 Å². The highest BCUT2D eigenvalue weighted by molar-refractivity contribution is 5.89. The summed E-state index contributed by atoms with van der Waals surface area (Å²) < 4.78 is 4.93. The molecule has 0 aromatic carbocycles. The van der Waals surface area contributed by atoms with Crippen molar-refractivity contribution in [1.82, 2.24) is 9.88 Å². The third kappa shape index (κ3) is 5.71. The number of ether oxygens (including phenoxy) is 1. The van der Waals surface area contributed by atoms with Gasteiger partial charge in [0, 0.05) is 31.4 Å². The molecule has 1 rings (SSSR count). The molecule has 5 heteroatoms. The van der Waals surface area contributed by atoms with Crippen LogP contribution < -0.4 is 5.32 Å². The molecule has 1 heterocycles. The second-order valence-electron chi connectivity index (χ2n) is 5.50. The van der Waals surface area contributed by atoms with Gasteiger partial charge in [-0.25, -0.2) is 9.78 Å². The lowest BCUT2D eigenvalue weighted by molar-refractivity contribution is 0.0526. The van der Waals surface area contributed by atoms with Crippen molar-refractivity contribution in [1.29, 1.82) is 0 Å². The topological polar surface area (TPSA) is 54.5 Å². The Morgan fingerprint density at radius 3 is 2.43 bits per heavy atom. The predicted octanol–water partition coefficient (Wildman–Crippen LogP) is 2.79. The summed E-state index contributed by atoms with van der Waals surface area (Å²) in [4.78, 5) is 18.2. The molecule has 0 bridgehead atoms. The van der Waals surface area contributed by atoms with Gasteiger partial charge in [0.05, 0.1) is 12.2 Å². The van der Waals surface area contributed by atoms with Gasteiger partial charge in [-0.15, -0.1) is 0 Å². The highest BCUT2D eigenvalue weighted by Crippen LogP contribution is 2.08. The number of nitrogens with one attached hydrogen (secondary N) is 1. The Balaban J connectivity index is 2.47. The van der Waals surface area contributed by atoms with Crippen molar-refractivity contribution in [2.75, 3.05) is 25.0 Å². The first-order chi connectivity index (χ1) is 9.95. The van der Waals surface area contributed by atoms with Crippen LogP contribution in [0.4, 0.5) is 5.82 Å². The molecule has 0 atom stereocenters. The average molecular weight is 293 g/mol. The van der Waals surface area contributed by atoms with Crippen LogP contribution in [-0.4, -0.2) is 47.6 Å². The van der Waals surface area contributed by atoms with Gasteiger partial charge in [-0.1, -0.05) is 0 Å². The third-order valence-corrected chi connectivity index (χ3v) is 3.28. The largest absolute Gasteiger partial charge is 0.462 e. The molecule has 5 nitrogen and oxygen atoms in total. The molecular weight excluding hydrogens is 266 g/mol. The lowest BCUT2D eigenvalue weighted by atomic mass is 10.2. The van der Waals surface area contributed by atoms with Crippen LogP contribution >= 0.6 is 0 Å². The Morgan fingerprint density at radius 1 is 1.29 bits per heavy atom. The van der Waals surface area contributed by atoms with Gasteiger partial charge < -0.3 is 10.1 Å². The number of hydrogen-bond acceptors (Lipinski definition) is 5. The third-order valence-electron chi connectivity index (χ3n) is 3.28. The first-order valence-electron chi connectivity index (χ1n) is 7.58. The maximum absolute atomic E-state index is 11.5. The summed E-state index contributed by atoms with van der Waals surface area (Å²) >= 11 is 0. The van der Waals surface area contributed by atoms with E-state index >= 15 is 0 Å². The van der Waals surface area contributed by atoms with Gasteiger partial charge in [0.25, 0.3) is 0 Å². The highest BCUT2D eigenvalue weighted by atomic mass is 16.5. The standard InChI is InChI=1S/C16H27N3O2/c1-6-21-16(20)14-7-8-15(18-11-14)17-9-10-19(12(2)3)13(4)5/h7-8,11-13H,6,9-10H2,1-5H3,(H,17,18).